The van der Waals surface area contributed by atoms with Gasteiger partial charge in [0.05, 0.1) is 12.2 Å². The Kier molecular flexibility index (Phi) is 3.51. The first-order valence-electron chi connectivity index (χ1n) is 4.57. The van der Waals surface area contributed by atoms with Crippen molar-refractivity contribution in [2.24, 2.45) is 0 Å². The molecule has 0 amide bonds. The summed E-state index contributed by atoms with van der Waals surface area (Å²) in [7, 11) is 0. The summed E-state index contributed by atoms with van der Waals surface area (Å²) in [5.74, 6) is -1.06. The van der Waals surface area contributed by atoms with Crippen molar-refractivity contribution in [1.29, 1.82) is 0 Å². The molecular weight excluding hydrogens is 223 g/mol. The fourth-order valence-corrected chi connectivity index (χ4v) is 1.15. The Morgan fingerprint density at radius 2 is 2.12 bits per heavy atom. The van der Waals surface area contributed by atoms with Crippen molar-refractivity contribution < 1.29 is 22.7 Å². The molecule has 16 heavy (non-hydrogen) atoms. The van der Waals surface area contributed by atoms with Crippen LogP contribution in [0.3, 0.4) is 0 Å². The second kappa shape index (κ2) is 4.51. The average molecular weight is 233 g/mol. The van der Waals surface area contributed by atoms with Crippen LogP contribution in [0, 0.1) is 6.92 Å². The predicted octanol–water partition coefficient (Wildman–Crippen LogP) is 2.59. The second-order valence-electron chi connectivity index (χ2n) is 3.13. The molecule has 6 heteroatoms. The first kappa shape index (κ1) is 12.5. The third-order valence-corrected chi connectivity index (χ3v) is 1.80. The molecule has 0 unspecified atom stereocenters. The summed E-state index contributed by atoms with van der Waals surface area (Å²) in [6.45, 7) is 2.99. The highest BCUT2D eigenvalue weighted by atomic mass is 19.4. The fourth-order valence-electron chi connectivity index (χ4n) is 1.15. The molecule has 0 bridgehead atoms. The minimum absolute atomic E-state index is 0.00564. The summed E-state index contributed by atoms with van der Waals surface area (Å²) in [4.78, 5) is 14.7. The van der Waals surface area contributed by atoms with E-state index in [0.29, 0.717) is 5.56 Å². The number of rotatable bonds is 2. The van der Waals surface area contributed by atoms with Crippen LogP contribution in [0.2, 0.25) is 0 Å². The van der Waals surface area contributed by atoms with E-state index in [1.165, 1.54) is 20.0 Å². The van der Waals surface area contributed by atoms with E-state index in [1.807, 2.05) is 0 Å². The largest absolute Gasteiger partial charge is 0.461 e. The number of alkyl halides is 3. The molecule has 0 saturated carbocycles. The summed E-state index contributed by atoms with van der Waals surface area (Å²) < 4.78 is 42.2. The quantitative estimate of drug-likeness (QED) is 0.737. The van der Waals surface area contributed by atoms with Gasteiger partial charge in [0.1, 0.15) is 0 Å². The van der Waals surface area contributed by atoms with Gasteiger partial charge in [-0.05, 0) is 25.5 Å². The van der Waals surface area contributed by atoms with Crippen LogP contribution in [0.1, 0.15) is 28.5 Å². The van der Waals surface area contributed by atoms with Gasteiger partial charge in [-0.1, -0.05) is 0 Å². The van der Waals surface area contributed by atoms with Crippen LogP contribution < -0.4 is 0 Å². The molecule has 88 valence electrons. The Balaban J connectivity index is 3.23. The molecule has 0 aliphatic carbocycles. The molecule has 0 fully saturated rings. The van der Waals surface area contributed by atoms with Gasteiger partial charge in [-0.2, -0.15) is 13.2 Å². The zero-order valence-corrected chi connectivity index (χ0v) is 8.76. The van der Waals surface area contributed by atoms with Gasteiger partial charge in [0.25, 0.3) is 0 Å². The highest BCUT2D eigenvalue weighted by Gasteiger charge is 2.36. The lowest BCUT2D eigenvalue weighted by atomic mass is 10.1. The van der Waals surface area contributed by atoms with Gasteiger partial charge >= 0.3 is 12.1 Å². The number of halogens is 3. The molecule has 1 rings (SSSR count). The number of hydrogen-bond acceptors (Lipinski definition) is 3. The zero-order valence-electron chi connectivity index (χ0n) is 8.76. The molecule has 1 heterocycles. The highest BCUT2D eigenvalue weighted by molar-refractivity contribution is 5.89. The van der Waals surface area contributed by atoms with Crippen molar-refractivity contribution >= 4 is 5.97 Å². The molecule has 3 nitrogen and oxygen atoms in total. The fraction of sp³-hybridized carbons (Fsp3) is 0.400. The smallest absolute Gasteiger partial charge is 0.418 e. The summed E-state index contributed by atoms with van der Waals surface area (Å²) in [6.07, 6.45) is -3.41. The summed E-state index contributed by atoms with van der Waals surface area (Å²) in [5, 5.41) is 0. The van der Waals surface area contributed by atoms with Crippen LogP contribution in [0.5, 0.6) is 0 Å². The second-order valence-corrected chi connectivity index (χ2v) is 3.13. The molecule has 0 aromatic carbocycles. The van der Waals surface area contributed by atoms with E-state index in [9.17, 15) is 18.0 Å². The Morgan fingerprint density at radius 3 is 2.62 bits per heavy atom. The monoisotopic (exact) mass is 233 g/mol. The molecule has 0 radical (unpaired) electrons. The van der Waals surface area contributed by atoms with E-state index in [4.69, 9.17) is 0 Å². The van der Waals surface area contributed by atoms with E-state index in [0.717, 1.165) is 6.07 Å². The number of carbonyl (C=O) groups is 1. The Bertz CT molecular complexity index is 402. The van der Waals surface area contributed by atoms with Gasteiger partial charge < -0.3 is 4.74 Å². The van der Waals surface area contributed by atoms with Crippen molar-refractivity contribution in [2.45, 2.75) is 20.0 Å². The lowest BCUT2D eigenvalue weighted by molar-refractivity contribution is -0.138. The molecule has 0 atom stereocenters. The van der Waals surface area contributed by atoms with Crippen molar-refractivity contribution in [3.63, 3.8) is 0 Å². The SMILES string of the molecule is CCOC(=O)c1ncc(C)cc1C(F)(F)F. The maximum absolute atomic E-state index is 12.6. The third-order valence-electron chi connectivity index (χ3n) is 1.80. The number of esters is 1. The van der Waals surface area contributed by atoms with Gasteiger partial charge in [0.2, 0.25) is 0 Å². The van der Waals surface area contributed by atoms with Crippen LogP contribution in [-0.4, -0.2) is 17.6 Å². The van der Waals surface area contributed by atoms with Gasteiger partial charge in [0.15, 0.2) is 5.69 Å². The highest BCUT2D eigenvalue weighted by Crippen LogP contribution is 2.31. The van der Waals surface area contributed by atoms with Crippen molar-refractivity contribution in [3.05, 3.63) is 29.1 Å². The first-order chi connectivity index (χ1) is 7.36. The van der Waals surface area contributed by atoms with E-state index >= 15 is 0 Å². The number of aromatic nitrogens is 1. The topological polar surface area (TPSA) is 39.2 Å². The van der Waals surface area contributed by atoms with Crippen LogP contribution in [0.25, 0.3) is 0 Å². The van der Waals surface area contributed by atoms with E-state index < -0.39 is 23.4 Å². The lowest BCUT2D eigenvalue weighted by Crippen LogP contribution is -2.17. The Labute approximate surface area is 90.2 Å². The lowest BCUT2D eigenvalue weighted by Gasteiger charge is -2.11. The maximum Gasteiger partial charge on any atom is 0.418 e. The molecule has 0 N–H and O–H groups in total. The average Bonchev–Trinajstić information content (AvgIpc) is 2.16. The van der Waals surface area contributed by atoms with Gasteiger partial charge in [-0.15, -0.1) is 0 Å². The van der Waals surface area contributed by atoms with Gasteiger partial charge in [-0.3, -0.25) is 0 Å². The molecule has 0 aliphatic rings. The molecule has 1 aromatic heterocycles. The standard InChI is InChI=1S/C10H10F3NO2/c1-3-16-9(15)8-7(10(11,12)13)4-6(2)5-14-8/h4-5H,3H2,1-2H3. The van der Waals surface area contributed by atoms with Crippen LogP contribution in [0.4, 0.5) is 13.2 Å². The van der Waals surface area contributed by atoms with Gasteiger partial charge in [0, 0.05) is 6.20 Å². The number of hydrogen-bond donors (Lipinski definition) is 0. The number of ether oxygens (including phenoxy) is 1. The van der Waals surface area contributed by atoms with Gasteiger partial charge in [-0.25, -0.2) is 9.78 Å². The molecule has 0 aliphatic heterocycles. The van der Waals surface area contributed by atoms with Crippen molar-refractivity contribution in [2.75, 3.05) is 6.61 Å². The van der Waals surface area contributed by atoms with E-state index in [1.54, 1.807) is 0 Å². The first-order valence-corrected chi connectivity index (χ1v) is 4.57. The van der Waals surface area contributed by atoms with Crippen molar-refractivity contribution in [1.82, 2.24) is 4.98 Å². The van der Waals surface area contributed by atoms with Crippen LogP contribution >= 0.6 is 0 Å². The molecule has 1 aromatic rings. The number of aryl methyl sites for hydroxylation is 1. The Hall–Kier alpha value is -1.59. The summed E-state index contributed by atoms with van der Waals surface area (Å²) >= 11 is 0. The molecule has 0 saturated heterocycles. The third kappa shape index (κ3) is 2.71. The number of carbonyl (C=O) groups excluding carboxylic acids is 1. The minimum atomic E-state index is -4.61. The van der Waals surface area contributed by atoms with Crippen LogP contribution in [-0.2, 0) is 10.9 Å². The molecular formula is C10H10F3NO2. The Morgan fingerprint density at radius 1 is 1.50 bits per heavy atom. The minimum Gasteiger partial charge on any atom is -0.461 e. The van der Waals surface area contributed by atoms with Crippen LogP contribution in [0.15, 0.2) is 12.3 Å². The predicted molar refractivity (Wildman–Crippen MR) is 49.9 cm³/mol. The molecule has 0 spiro atoms. The summed E-state index contributed by atoms with van der Waals surface area (Å²) in [6, 6.07) is 0.874. The summed E-state index contributed by atoms with van der Waals surface area (Å²) in [5.41, 5.74) is -1.42. The van der Waals surface area contributed by atoms with E-state index in [-0.39, 0.29) is 6.61 Å². The maximum atomic E-state index is 12.6. The normalized spacial score (nSPS) is 11.3. The van der Waals surface area contributed by atoms with E-state index in [2.05, 4.69) is 9.72 Å². The zero-order chi connectivity index (χ0) is 12.3. The number of nitrogens with zero attached hydrogens (tertiary/aromatic N) is 1. The number of pyridine rings is 1. The van der Waals surface area contributed by atoms with Crippen molar-refractivity contribution in [3.8, 4) is 0 Å².